The van der Waals surface area contributed by atoms with Crippen molar-refractivity contribution in [3.8, 4) is 0 Å². The van der Waals surface area contributed by atoms with E-state index in [1.807, 2.05) is 65.2 Å². The first-order chi connectivity index (χ1) is 11.1. The molecule has 134 valence electrons. The molecule has 0 fully saturated rings. The molecule has 1 unspecified atom stereocenters. The van der Waals surface area contributed by atoms with Crippen LogP contribution in [0.4, 0.5) is 0 Å². The van der Waals surface area contributed by atoms with E-state index in [1.54, 1.807) is 4.90 Å². The Hall–Kier alpha value is -1.85. The van der Waals surface area contributed by atoms with Gasteiger partial charge in [-0.3, -0.25) is 4.79 Å². The van der Waals surface area contributed by atoms with Gasteiger partial charge in [-0.25, -0.2) is 0 Å². The van der Waals surface area contributed by atoms with E-state index in [4.69, 9.17) is 4.74 Å². The third-order valence-electron chi connectivity index (χ3n) is 3.46. The van der Waals surface area contributed by atoms with E-state index in [-0.39, 0.29) is 12.3 Å². The minimum atomic E-state index is -1.10. The Morgan fingerprint density at radius 3 is 2.38 bits per heavy atom. The summed E-state index contributed by atoms with van der Waals surface area (Å²) in [5.41, 5.74) is 1.22. The maximum Gasteiger partial charge on any atom is 0.226 e. The highest BCUT2D eigenvalue weighted by Crippen LogP contribution is 2.15. The Morgan fingerprint density at radius 1 is 1.29 bits per heavy atom. The lowest BCUT2D eigenvalue weighted by Gasteiger charge is -2.30. The van der Waals surface area contributed by atoms with Crippen LogP contribution in [0.2, 0.25) is 0 Å². The van der Waals surface area contributed by atoms with Gasteiger partial charge in [0.05, 0.1) is 18.1 Å². The van der Waals surface area contributed by atoms with Crippen LogP contribution in [0.5, 0.6) is 0 Å². The van der Waals surface area contributed by atoms with Gasteiger partial charge >= 0.3 is 0 Å². The lowest BCUT2D eigenvalue weighted by Crippen LogP contribution is -2.48. The Balaban J connectivity index is 2.80. The maximum atomic E-state index is 12.3. The van der Waals surface area contributed by atoms with Crippen molar-refractivity contribution in [3.05, 3.63) is 48.2 Å². The fourth-order valence-corrected chi connectivity index (χ4v) is 2.14. The van der Waals surface area contributed by atoms with Gasteiger partial charge in [0.1, 0.15) is 0 Å². The van der Waals surface area contributed by atoms with Gasteiger partial charge < -0.3 is 20.1 Å². The molecule has 0 aliphatic carbocycles. The maximum absolute atomic E-state index is 12.3. The summed E-state index contributed by atoms with van der Waals surface area (Å²) in [5, 5.41) is 13.3. The van der Waals surface area contributed by atoms with Crippen LogP contribution in [0.25, 0.3) is 0 Å². The van der Waals surface area contributed by atoms with Gasteiger partial charge in [0.2, 0.25) is 5.91 Å². The van der Waals surface area contributed by atoms with Crippen LogP contribution in [-0.2, 0) is 16.0 Å². The molecule has 2 N–H and O–H groups in total. The standard InChI is InChI=1S/C19H30N2O3/c1-14(21(5)6)12-17(22)20-16(18(23)24-19(2,3)4)13-15-10-8-7-9-11-15/h7-11,16,18,23H,1,12-13H2,2-6H3,(H,20,22)/t16-,18?/m0/s1. The van der Waals surface area contributed by atoms with Crippen LogP contribution in [0.3, 0.4) is 0 Å². The number of benzene rings is 1. The number of hydrogen-bond donors (Lipinski definition) is 2. The predicted octanol–water partition coefficient (Wildman–Crippen LogP) is 2.31. The summed E-state index contributed by atoms with van der Waals surface area (Å²) in [7, 11) is 3.68. The second-order valence-corrected chi connectivity index (χ2v) is 7.12. The number of aliphatic hydroxyl groups excluding tert-OH is 1. The molecule has 24 heavy (non-hydrogen) atoms. The lowest BCUT2D eigenvalue weighted by molar-refractivity contribution is -0.181. The summed E-state index contributed by atoms with van der Waals surface area (Å²) in [6.07, 6.45) is -0.430. The smallest absolute Gasteiger partial charge is 0.226 e. The van der Waals surface area contributed by atoms with E-state index in [2.05, 4.69) is 11.9 Å². The van der Waals surface area contributed by atoms with Crippen molar-refractivity contribution >= 4 is 5.91 Å². The minimum Gasteiger partial charge on any atom is -0.381 e. The third-order valence-corrected chi connectivity index (χ3v) is 3.46. The average Bonchev–Trinajstić information content (AvgIpc) is 2.45. The molecule has 0 bridgehead atoms. The van der Waals surface area contributed by atoms with Crippen molar-refractivity contribution in [2.45, 2.75) is 51.5 Å². The second kappa shape index (κ2) is 8.85. The summed E-state index contributed by atoms with van der Waals surface area (Å²) in [6, 6.07) is 9.18. The van der Waals surface area contributed by atoms with Crippen molar-refractivity contribution in [1.82, 2.24) is 10.2 Å². The van der Waals surface area contributed by atoms with E-state index >= 15 is 0 Å². The molecular weight excluding hydrogens is 304 g/mol. The van der Waals surface area contributed by atoms with E-state index in [0.29, 0.717) is 12.1 Å². The molecule has 0 aromatic heterocycles. The van der Waals surface area contributed by atoms with Gasteiger partial charge in [-0.15, -0.1) is 0 Å². The molecule has 0 radical (unpaired) electrons. The largest absolute Gasteiger partial charge is 0.381 e. The van der Waals surface area contributed by atoms with Crippen LogP contribution >= 0.6 is 0 Å². The number of carbonyl (C=O) groups is 1. The fourth-order valence-electron chi connectivity index (χ4n) is 2.14. The Labute approximate surface area is 145 Å². The van der Waals surface area contributed by atoms with Crippen LogP contribution in [0, 0.1) is 0 Å². The third kappa shape index (κ3) is 7.62. The SMILES string of the molecule is C=C(CC(=O)N[C@@H](Cc1ccccc1)C(O)OC(C)(C)C)N(C)C. The lowest BCUT2D eigenvalue weighted by atomic mass is 10.0. The molecule has 1 rings (SSSR count). The molecule has 1 amide bonds. The summed E-state index contributed by atoms with van der Waals surface area (Å²) in [4.78, 5) is 14.1. The minimum absolute atomic E-state index is 0.181. The average molecular weight is 334 g/mol. The van der Waals surface area contributed by atoms with Gasteiger partial charge in [-0.05, 0) is 32.8 Å². The number of ether oxygens (including phenoxy) is 1. The van der Waals surface area contributed by atoms with E-state index in [0.717, 1.165) is 5.56 Å². The zero-order valence-electron chi connectivity index (χ0n) is 15.4. The number of nitrogens with one attached hydrogen (secondary N) is 1. The van der Waals surface area contributed by atoms with Crippen LogP contribution in [0.1, 0.15) is 32.8 Å². The molecule has 5 nitrogen and oxygen atoms in total. The highest BCUT2D eigenvalue weighted by molar-refractivity contribution is 5.78. The molecule has 1 aromatic carbocycles. The van der Waals surface area contributed by atoms with Gasteiger partial charge in [-0.2, -0.15) is 0 Å². The highest BCUT2D eigenvalue weighted by Gasteiger charge is 2.27. The van der Waals surface area contributed by atoms with Crippen molar-refractivity contribution in [2.24, 2.45) is 0 Å². The first-order valence-corrected chi connectivity index (χ1v) is 8.13. The number of hydrogen-bond acceptors (Lipinski definition) is 4. The summed E-state index contributed by atoms with van der Waals surface area (Å²) >= 11 is 0. The number of carbonyl (C=O) groups excluding carboxylic acids is 1. The topological polar surface area (TPSA) is 61.8 Å². The van der Waals surface area contributed by atoms with E-state index < -0.39 is 17.9 Å². The zero-order valence-corrected chi connectivity index (χ0v) is 15.4. The Bertz CT molecular complexity index is 535. The molecule has 5 heteroatoms. The summed E-state index contributed by atoms with van der Waals surface area (Å²) in [6.45, 7) is 9.46. The molecule has 2 atom stereocenters. The van der Waals surface area contributed by atoms with Gasteiger partial charge in [0.25, 0.3) is 0 Å². The normalized spacial score (nSPS) is 13.9. The second-order valence-electron chi connectivity index (χ2n) is 7.12. The summed E-state index contributed by atoms with van der Waals surface area (Å²) in [5.74, 6) is -0.189. The first kappa shape index (κ1) is 20.2. The molecule has 0 spiro atoms. The fraction of sp³-hybridized carbons (Fsp3) is 0.526. The van der Waals surface area contributed by atoms with Crippen LogP contribution < -0.4 is 5.32 Å². The molecular formula is C19H30N2O3. The molecule has 1 aromatic rings. The number of amides is 1. The first-order valence-electron chi connectivity index (χ1n) is 8.13. The van der Waals surface area contributed by atoms with Crippen LogP contribution in [-0.4, -0.2) is 47.9 Å². The van der Waals surface area contributed by atoms with Gasteiger partial charge in [0.15, 0.2) is 6.29 Å². The molecule has 0 saturated carbocycles. The number of nitrogens with zero attached hydrogens (tertiary/aromatic N) is 1. The van der Waals surface area contributed by atoms with Crippen LogP contribution in [0.15, 0.2) is 42.6 Å². The summed E-state index contributed by atoms with van der Waals surface area (Å²) < 4.78 is 5.63. The molecule has 0 heterocycles. The van der Waals surface area contributed by atoms with Crippen molar-refractivity contribution < 1.29 is 14.6 Å². The Kier molecular flexibility index (Phi) is 7.45. The zero-order chi connectivity index (χ0) is 18.3. The van der Waals surface area contributed by atoms with Crippen molar-refractivity contribution in [1.29, 1.82) is 0 Å². The van der Waals surface area contributed by atoms with E-state index in [1.165, 1.54) is 0 Å². The monoisotopic (exact) mass is 334 g/mol. The quantitative estimate of drug-likeness (QED) is 0.716. The number of aliphatic hydroxyl groups is 1. The molecule has 0 aliphatic heterocycles. The van der Waals surface area contributed by atoms with Gasteiger partial charge in [0, 0.05) is 19.8 Å². The van der Waals surface area contributed by atoms with E-state index in [9.17, 15) is 9.90 Å². The predicted molar refractivity (Wildman–Crippen MR) is 96.4 cm³/mol. The van der Waals surface area contributed by atoms with Gasteiger partial charge in [-0.1, -0.05) is 36.9 Å². The highest BCUT2D eigenvalue weighted by atomic mass is 16.6. The van der Waals surface area contributed by atoms with Crippen molar-refractivity contribution in [2.75, 3.05) is 14.1 Å². The van der Waals surface area contributed by atoms with Crippen molar-refractivity contribution in [3.63, 3.8) is 0 Å². The molecule has 0 aliphatic rings. The molecule has 0 saturated heterocycles. The number of rotatable bonds is 8. The Morgan fingerprint density at radius 2 is 1.88 bits per heavy atom.